The van der Waals surface area contributed by atoms with Gasteiger partial charge in [0.05, 0.1) is 0 Å². The molecule has 0 aromatic carbocycles. The van der Waals surface area contributed by atoms with E-state index in [2.05, 4.69) is 41.2 Å². The Morgan fingerprint density at radius 1 is 1.33 bits per heavy atom. The minimum Gasteiger partial charge on any atom is -0.299 e. The van der Waals surface area contributed by atoms with Gasteiger partial charge in [0, 0.05) is 11.8 Å². The van der Waals surface area contributed by atoms with Crippen molar-refractivity contribution in [3.8, 4) is 0 Å². The standard InChI is InChI=1S/C14H24O/c1-7-13(4,5)14(6)10-12(2,3)9-8-11(14)15/h7H,1,8-10H2,2-6H3. The molecule has 1 aliphatic carbocycles. The molecule has 1 unspecified atom stereocenters. The Hall–Kier alpha value is -0.590. The number of hydrogen-bond acceptors (Lipinski definition) is 1. The van der Waals surface area contributed by atoms with Gasteiger partial charge in [-0.15, -0.1) is 6.58 Å². The maximum Gasteiger partial charge on any atom is 0.139 e. The van der Waals surface area contributed by atoms with Gasteiger partial charge in [0.1, 0.15) is 5.78 Å². The highest BCUT2D eigenvalue weighted by Gasteiger charge is 2.50. The van der Waals surface area contributed by atoms with Crippen LogP contribution in [-0.4, -0.2) is 5.78 Å². The Bertz CT molecular complexity index is 286. The summed E-state index contributed by atoms with van der Waals surface area (Å²) in [5.41, 5.74) is -0.0682. The Kier molecular flexibility index (Phi) is 2.88. The van der Waals surface area contributed by atoms with Crippen molar-refractivity contribution in [3.63, 3.8) is 0 Å². The Morgan fingerprint density at radius 3 is 2.33 bits per heavy atom. The van der Waals surface area contributed by atoms with Gasteiger partial charge < -0.3 is 0 Å². The van der Waals surface area contributed by atoms with E-state index in [9.17, 15) is 4.79 Å². The van der Waals surface area contributed by atoms with Crippen LogP contribution in [0.1, 0.15) is 53.9 Å². The summed E-state index contributed by atoms with van der Waals surface area (Å²) in [4.78, 5) is 12.2. The lowest BCUT2D eigenvalue weighted by Gasteiger charge is -2.49. The van der Waals surface area contributed by atoms with Crippen LogP contribution in [-0.2, 0) is 4.79 Å². The van der Waals surface area contributed by atoms with Crippen molar-refractivity contribution in [1.82, 2.24) is 0 Å². The number of allylic oxidation sites excluding steroid dienone is 1. The van der Waals surface area contributed by atoms with Crippen molar-refractivity contribution < 1.29 is 4.79 Å². The number of Topliss-reactive ketones (excluding diaryl/α,β-unsaturated/α-hetero) is 1. The normalized spacial score (nSPS) is 31.4. The van der Waals surface area contributed by atoms with Crippen molar-refractivity contribution in [2.75, 3.05) is 0 Å². The maximum absolute atomic E-state index is 12.2. The zero-order chi connectivity index (χ0) is 11.9. The van der Waals surface area contributed by atoms with E-state index < -0.39 is 0 Å². The van der Waals surface area contributed by atoms with Gasteiger partial charge in [-0.1, -0.05) is 40.7 Å². The number of ketones is 1. The van der Waals surface area contributed by atoms with Crippen LogP contribution < -0.4 is 0 Å². The predicted octanol–water partition coefficient (Wildman–Crippen LogP) is 3.98. The first-order chi connectivity index (χ1) is 6.65. The van der Waals surface area contributed by atoms with E-state index in [1.54, 1.807) is 0 Å². The molecule has 1 saturated carbocycles. The third-order valence-electron chi connectivity index (χ3n) is 4.41. The average molecular weight is 208 g/mol. The van der Waals surface area contributed by atoms with Gasteiger partial charge in [-0.25, -0.2) is 0 Å². The Balaban J connectivity index is 3.09. The van der Waals surface area contributed by atoms with Crippen LogP contribution in [0.2, 0.25) is 0 Å². The quantitative estimate of drug-likeness (QED) is 0.627. The largest absolute Gasteiger partial charge is 0.299 e. The summed E-state index contributed by atoms with van der Waals surface area (Å²) in [7, 11) is 0. The zero-order valence-electron chi connectivity index (χ0n) is 10.8. The van der Waals surface area contributed by atoms with Gasteiger partial charge in [0.25, 0.3) is 0 Å². The summed E-state index contributed by atoms with van der Waals surface area (Å²) in [6.45, 7) is 14.8. The van der Waals surface area contributed by atoms with Crippen molar-refractivity contribution in [2.45, 2.75) is 53.9 Å². The van der Waals surface area contributed by atoms with E-state index in [0.29, 0.717) is 5.78 Å². The molecule has 0 bridgehead atoms. The van der Waals surface area contributed by atoms with Gasteiger partial charge in [0.15, 0.2) is 0 Å². The minimum absolute atomic E-state index is 0.109. The van der Waals surface area contributed by atoms with E-state index >= 15 is 0 Å². The van der Waals surface area contributed by atoms with Gasteiger partial charge in [-0.2, -0.15) is 0 Å². The van der Waals surface area contributed by atoms with Crippen molar-refractivity contribution in [2.24, 2.45) is 16.2 Å². The van der Waals surface area contributed by atoms with Gasteiger partial charge >= 0.3 is 0 Å². The van der Waals surface area contributed by atoms with Gasteiger partial charge in [-0.3, -0.25) is 4.79 Å². The lowest BCUT2D eigenvalue weighted by molar-refractivity contribution is -0.140. The second kappa shape index (κ2) is 3.47. The second-order valence-electron chi connectivity index (χ2n) is 6.52. The fourth-order valence-electron chi connectivity index (χ4n) is 2.68. The highest BCUT2D eigenvalue weighted by Crippen LogP contribution is 2.53. The molecule has 1 aliphatic rings. The predicted molar refractivity (Wildman–Crippen MR) is 64.7 cm³/mol. The summed E-state index contributed by atoms with van der Waals surface area (Å²) in [6, 6.07) is 0. The smallest absolute Gasteiger partial charge is 0.139 e. The van der Waals surface area contributed by atoms with E-state index in [-0.39, 0.29) is 16.2 Å². The molecular formula is C14H24O. The summed E-state index contributed by atoms with van der Waals surface area (Å²) in [5, 5.41) is 0. The summed E-state index contributed by atoms with van der Waals surface area (Å²) in [5.74, 6) is 0.409. The molecule has 0 amide bonds. The summed E-state index contributed by atoms with van der Waals surface area (Å²) in [6.07, 6.45) is 4.65. The second-order valence-corrected chi connectivity index (χ2v) is 6.52. The molecule has 0 radical (unpaired) electrons. The molecule has 0 aromatic heterocycles. The SMILES string of the molecule is C=CC(C)(C)C1(C)CC(C)(C)CCC1=O. The fourth-order valence-corrected chi connectivity index (χ4v) is 2.68. The molecule has 1 atom stereocenters. The van der Waals surface area contributed by atoms with E-state index in [0.717, 1.165) is 19.3 Å². The fraction of sp³-hybridized carbons (Fsp3) is 0.786. The maximum atomic E-state index is 12.2. The Morgan fingerprint density at radius 2 is 1.87 bits per heavy atom. The zero-order valence-corrected chi connectivity index (χ0v) is 10.8. The summed E-state index contributed by atoms with van der Waals surface area (Å²) < 4.78 is 0. The minimum atomic E-state index is -0.240. The van der Waals surface area contributed by atoms with Crippen LogP contribution in [0.15, 0.2) is 12.7 Å². The topological polar surface area (TPSA) is 17.1 Å². The van der Waals surface area contributed by atoms with Crippen molar-refractivity contribution in [3.05, 3.63) is 12.7 Å². The molecule has 1 rings (SSSR count). The summed E-state index contributed by atoms with van der Waals surface area (Å²) >= 11 is 0. The molecule has 0 aliphatic heterocycles. The molecule has 15 heavy (non-hydrogen) atoms. The van der Waals surface area contributed by atoms with Crippen LogP contribution >= 0.6 is 0 Å². The van der Waals surface area contributed by atoms with Crippen LogP contribution in [0.3, 0.4) is 0 Å². The number of carbonyl (C=O) groups is 1. The van der Waals surface area contributed by atoms with Crippen LogP contribution in [0.25, 0.3) is 0 Å². The monoisotopic (exact) mass is 208 g/mol. The van der Waals surface area contributed by atoms with Gasteiger partial charge in [0.2, 0.25) is 0 Å². The molecule has 86 valence electrons. The number of rotatable bonds is 2. The van der Waals surface area contributed by atoms with Crippen molar-refractivity contribution in [1.29, 1.82) is 0 Å². The third-order valence-corrected chi connectivity index (χ3v) is 4.41. The molecule has 0 saturated heterocycles. The molecule has 1 fully saturated rings. The van der Waals surface area contributed by atoms with Crippen LogP contribution in [0.4, 0.5) is 0 Å². The molecule has 0 N–H and O–H groups in total. The van der Waals surface area contributed by atoms with E-state index in [1.807, 2.05) is 6.08 Å². The lowest BCUT2D eigenvalue weighted by atomic mass is 9.54. The number of carbonyl (C=O) groups excluding carboxylic acids is 1. The first-order valence-electron chi connectivity index (χ1n) is 5.82. The molecule has 0 heterocycles. The first kappa shape index (κ1) is 12.5. The third kappa shape index (κ3) is 2.02. The van der Waals surface area contributed by atoms with Crippen LogP contribution in [0.5, 0.6) is 0 Å². The van der Waals surface area contributed by atoms with Crippen molar-refractivity contribution >= 4 is 5.78 Å². The molecular weight excluding hydrogens is 184 g/mol. The molecule has 1 nitrogen and oxygen atoms in total. The molecule has 1 heteroatoms. The van der Waals surface area contributed by atoms with Crippen LogP contribution in [0, 0.1) is 16.2 Å². The molecule has 0 spiro atoms. The molecule has 0 aromatic rings. The lowest BCUT2D eigenvalue weighted by Crippen LogP contribution is -2.47. The highest BCUT2D eigenvalue weighted by molar-refractivity contribution is 5.86. The van der Waals surface area contributed by atoms with E-state index in [4.69, 9.17) is 0 Å². The highest BCUT2D eigenvalue weighted by atomic mass is 16.1. The number of hydrogen-bond donors (Lipinski definition) is 0. The van der Waals surface area contributed by atoms with Gasteiger partial charge in [-0.05, 0) is 23.7 Å². The first-order valence-corrected chi connectivity index (χ1v) is 5.82. The van der Waals surface area contributed by atoms with E-state index in [1.165, 1.54) is 0 Å². The average Bonchev–Trinajstić information content (AvgIpc) is 2.11. The Labute approximate surface area is 93.9 Å².